The van der Waals surface area contributed by atoms with Crippen LogP contribution in [0.25, 0.3) is 22.8 Å². The van der Waals surface area contributed by atoms with Crippen LogP contribution in [0.3, 0.4) is 0 Å². The van der Waals surface area contributed by atoms with E-state index in [1.807, 2.05) is 0 Å². The van der Waals surface area contributed by atoms with Crippen LogP contribution in [0.2, 0.25) is 0 Å². The molecule has 0 saturated heterocycles. The minimum absolute atomic E-state index is 0.125. The number of benzene rings is 1. The summed E-state index contributed by atoms with van der Waals surface area (Å²) in [5, 5.41) is 2.78. The number of carbonyl (C=O) groups is 1. The van der Waals surface area contributed by atoms with Crippen molar-refractivity contribution in [2.24, 2.45) is 0 Å². The molecule has 120 valence electrons. The van der Waals surface area contributed by atoms with E-state index in [1.54, 1.807) is 12.1 Å². The van der Waals surface area contributed by atoms with Crippen molar-refractivity contribution in [2.45, 2.75) is 6.42 Å². The molecule has 0 fully saturated rings. The van der Waals surface area contributed by atoms with Crippen LogP contribution in [0.5, 0.6) is 0 Å². The van der Waals surface area contributed by atoms with E-state index in [9.17, 15) is 13.6 Å². The summed E-state index contributed by atoms with van der Waals surface area (Å²) in [5.74, 6) is -1.29. The Morgan fingerprint density at radius 3 is 2.62 bits per heavy atom. The zero-order valence-electron chi connectivity index (χ0n) is 12.4. The molecule has 4 rings (SSSR count). The van der Waals surface area contributed by atoms with Gasteiger partial charge in [0.2, 0.25) is 0 Å². The van der Waals surface area contributed by atoms with E-state index in [4.69, 9.17) is 0 Å². The molecule has 0 atom stereocenters. The number of aromatic nitrogens is 3. The molecule has 1 aliphatic heterocycles. The van der Waals surface area contributed by atoms with Crippen molar-refractivity contribution in [3.05, 3.63) is 59.4 Å². The molecule has 1 aromatic carbocycles. The maximum Gasteiger partial charge on any atom is 0.253 e. The number of aromatic amines is 1. The first-order valence-corrected chi connectivity index (χ1v) is 7.40. The maximum absolute atomic E-state index is 13.4. The van der Waals surface area contributed by atoms with Crippen LogP contribution < -0.4 is 5.32 Å². The summed E-state index contributed by atoms with van der Waals surface area (Å²) in [4.78, 5) is 23.5. The lowest BCUT2D eigenvalue weighted by Crippen LogP contribution is -2.31. The van der Waals surface area contributed by atoms with Gasteiger partial charge in [0.15, 0.2) is 5.82 Å². The number of hydrogen-bond acceptors (Lipinski definition) is 3. The lowest BCUT2D eigenvalue weighted by Gasteiger charge is -2.10. The van der Waals surface area contributed by atoms with E-state index >= 15 is 0 Å². The first-order chi connectivity index (χ1) is 11.6. The van der Waals surface area contributed by atoms with Gasteiger partial charge in [-0.15, -0.1) is 0 Å². The van der Waals surface area contributed by atoms with Crippen molar-refractivity contribution in [1.29, 1.82) is 0 Å². The van der Waals surface area contributed by atoms with Gasteiger partial charge >= 0.3 is 0 Å². The molecule has 1 aliphatic rings. The van der Waals surface area contributed by atoms with Gasteiger partial charge in [-0.2, -0.15) is 0 Å². The SMILES string of the molecule is O=C1NCCc2[nH]c(-c3ccnc(-c4cc(F)cc(F)c4)n3)cc21. The molecule has 0 bridgehead atoms. The van der Waals surface area contributed by atoms with Gasteiger partial charge in [-0.3, -0.25) is 4.79 Å². The number of amides is 1. The second-order valence-electron chi connectivity index (χ2n) is 5.50. The summed E-state index contributed by atoms with van der Waals surface area (Å²) in [6.45, 7) is 0.587. The van der Waals surface area contributed by atoms with Crippen LogP contribution in [0.15, 0.2) is 36.5 Å². The highest BCUT2D eigenvalue weighted by Crippen LogP contribution is 2.25. The topological polar surface area (TPSA) is 70.7 Å². The van der Waals surface area contributed by atoms with E-state index in [-0.39, 0.29) is 17.3 Å². The van der Waals surface area contributed by atoms with Gasteiger partial charge in [0.05, 0.1) is 17.0 Å². The van der Waals surface area contributed by atoms with Crippen LogP contribution in [-0.2, 0) is 6.42 Å². The third-order valence-electron chi connectivity index (χ3n) is 3.86. The lowest BCUT2D eigenvalue weighted by molar-refractivity contribution is 0.0946. The molecule has 0 aliphatic carbocycles. The van der Waals surface area contributed by atoms with Gasteiger partial charge in [0, 0.05) is 36.5 Å². The van der Waals surface area contributed by atoms with E-state index in [1.165, 1.54) is 18.3 Å². The van der Waals surface area contributed by atoms with E-state index < -0.39 is 11.6 Å². The monoisotopic (exact) mass is 326 g/mol. The lowest BCUT2D eigenvalue weighted by atomic mass is 10.1. The molecular formula is C17H12F2N4O. The van der Waals surface area contributed by atoms with E-state index in [0.717, 1.165) is 11.8 Å². The minimum Gasteiger partial charge on any atom is -0.356 e. The summed E-state index contributed by atoms with van der Waals surface area (Å²) in [5.41, 5.74) is 2.91. The highest BCUT2D eigenvalue weighted by Gasteiger charge is 2.20. The molecule has 2 aromatic heterocycles. The van der Waals surface area contributed by atoms with Crippen molar-refractivity contribution < 1.29 is 13.6 Å². The van der Waals surface area contributed by atoms with Crippen LogP contribution >= 0.6 is 0 Å². The first kappa shape index (κ1) is 14.5. The third kappa shape index (κ3) is 2.54. The summed E-state index contributed by atoms with van der Waals surface area (Å²) < 4.78 is 26.8. The first-order valence-electron chi connectivity index (χ1n) is 7.40. The molecule has 0 spiro atoms. The van der Waals surface area contributed by atoms with E-state index in [2.05, 4.69) is 20.3 Å². The normalized spacial score (nSPS) is 13.5. The number of halogens is 2. The number of fused-ring (bicyclic) bond motifs is 1. The second-order valence-corrected chi connectivity index (χ2v) is 5.50. The summed E-state index contributed by atoms with van der Waals surface area (Å²) in [7, 11) is 0. The summed E-state index contributed by atoms with van der Waals surface area (Å²) in [6, 6.07) is 6.55. The van der Waals surface area contributed by atoms with Crippen LogP contribution in [0.1, 0.15) is 16.1 Å². The van der Waals surface area contributed by atoms with Gasteiger partial charge < -0.3 is 10.3 Å². The standard InChI is InChI=1S/C17H12F2N4O/c18-10-5-9(6-11(19)7-10)16-20-3-2-14(23-16)15-8-12-13(22-15)1-4-21-17(12)24/h2-3,5-8,22H,1,4H2,(H,21,24). The number of H-pyrrole nitrogens is 1. The second kappa shape index (κ2) is 5.52. The molecule has 5 nitrogen and oxygen atoms in total. The molecule has 24 heavy (non-hydrogen) atoms. The van der Waals surface area contributed by atoms with Crippen molar-refractivity contribution in [1.82, 2.24) is 20.3 Å². The molecular weight excluding hydrogens is 314 g/mol. The highest BCUT2D eigenvalue weighted by molar-refractivity contribution is 5.97. The van der Waals surface area contributed by atoms with Gasteiger partial charge in [0.1, 0.15) is 11.6 Å². The van der Waals surface area contributed by atoms with Gasteiger partial charge in [-0.05, 0) is 24.3 Å². The van der Waals surface area contributed by atoms with Gasteiger partial charge in [0.25, 0.3) is 5.91 Å². The van der Waals surface area contributed by atoms with Crippen molar-refractivity contribution in [3.8, 4) is 22.8 Å². The fraction of sp³-hybridized carbons (Fsp3) is 0.118. The number of rotatable bonds is 2. The Labute approximate surface area is 135 Å². The van der Waals surface area contributed by atoms with Gasteiger partial charge in [-0.25, -0.2) is 18.7 Å². The van der Waals surface area contributed by atoms with E-state index in [0.29, 0.717) is 29.9 Å². The maximum atomic E-state index is 13.4. The average Bonchev–Trinajstić information content (AvgIpc) is 3.00. The molecule has 0 saturated carbocycles. The Morgan fingerprint density at radius 1 is 1.08 bits per heavy atom. The predicted molar refractivity (Wildman–Crippen MR) is 83.2 cm³/mol. The molecule has 2 N–H and O–H groups in total. The zero-order valence-corrected chi connectivity index (χ0v) is 12.4. The van der Waals surface area contributed by atoms with Crippen LogP contribution in [0.4, 0.5) is 8.78 Å². The Kier molecular flexibility index (Phi) is 3.34. The fourth-order valence-electron chi connectivity index (χ4n) is 2.76. The average molecular weight is 326 g/mol. The number of nitrogens with one attached hydrogen (secondary N) is 2. The Balaban J connectivity index is 1.77. The van der Waals surface area contributed by atoms with Crippen molar-refractivity contribution in [2.75, 3.05) is 6.54 Å². The third-order valence-corrected chi connectivity index (χ3v) is 3.86. The molecule has 0 unspecified atom stereocenters. The highest BCUT2D eigenvalue weighted by atomic mass is 19.1. The number of nitrogens with zero attached hydrogens (tertiary/aromatic N) is 2. The molecule has 1 amide bonds. The molecule has 3 heterocycles. The summed E-state index contributed by atoms with van der Waals surface area (Å²) in [6.07, 6.45) is 2.23. The Hall–Kier alpha value is -3.09. The Bertz CT molecular complexity index is 931. The molecule has 7 heteroatoms. The van der Waals surface area contributed by atoms with Crippen LogP contribution in [0, 0.1) is 11.6 Å². The quantitative estimate of drug-likeness (QED) is 0.761. The fourth-order valence-corrected chi connectivity index (χ4v) is 2.76. The summed E-state index contributed by atoms with van der Waals surface area (Å²) >= 11 is 0. The van der Waals surface area contributed by atoms with Crippen molar-refractivity contribution >= 4 is 5.91 Å². The van der Waals surface area contributed by atoms with Crippen molar-refractivity contribution in [3.63, 3.8) is 0 Å². The minimum atomic E-state index is -0.689. The number of carbonyl (C=O) groups excluding carboxylic acids is 1. The largest absolute Gasteiger partial charge is 0.356 e. The zero-order chi connectivity index (χ0) is 16.7. The molecule has 3 aromatic rings. The molecule has 0 radical (unpaired) electrons. The Morgan fingerprint density at radius 2 is 1.88 bits per heavy atom. The smallest absolute Gasteiger partial charge is 0.253 e. The predicted octanol–water partition coefficient (Wildman–Crippen LogP) is 2.70. The number of hydrogen-bond donors (Lipinski definition) is 2. The van der Waals surface area contributed by atoms with Gasteiger partial charge in [-0.1, -0.05) is 0 Å². The van der Waals surface area contributed by atoms with Crippen LogP contribution in [-0.4, -0.2) is 27.4 Å².